The predicted molar refractivity (Wildman–Crippen MR) is 112 cm³/mol. The first kappa shape index (κ1) is 19.2. The monoisotopic (exact) mass is 388 g/mol. The number of rotatable bonds is 5. The van der Waals surface area contributed by atoms with E-state index in [1.165, 1.54) is 17.3 Å². The van der Waals surface area contributed by atoms with E-state index < -0.39 is 0 Å². The van der Waals surface area contributed by atoms with Crippen molar-refractivity contribution in [2.45, 2.75) is 18.4 Å². The van der Waals surface area contributed by atoms with Crippen LogP contribution in [-0.2, 0) is 4.74 Å². The minimum Gasteiger partial charge on any atom is -0.375 e. The summed E-state index contributed by atoms with van der Waals surface area (Å²) in [5.41, 5.74) is 2.28. The van der Waals surface area contributed by atoms with Crippen molar-refractivity contribution in [3.8, 4) is 0 Å². The summed E-state index contributed by atoms with van der Waals surface area (Å²) in [6.45, 7) is 1.44. The Morgan fingerprint density at radius 3 is 2.28 bits per heavy atom. The van der Waals surface area contributed by atoms with Crippen molar-refractivity contribution in [1.82, 2.24) is 9.88 Å². The summed E-state index contributed by atoms with van der Waals surface area (Å²) in [5, 5.41) is 0. The summed E-state index contributed by atoms with van der Waals surface area (Å²) in [6, 6.07) is 24.0. The normalized spacial score (nSPS) is 16.7. The number of nitrogens with zero attached hydrogens (tertiary/aromatic N) is 1. The molecule has 29 heavy (non-hydrogen) atoms. The van der Waals surface area contributed by atoms with Crippen LogP contribution in [-0.4, -0.2) is 41.6 Å². The van der Waals surface area contributed by atoms with Crippen LogP contribution >= 0.6 is 0 Å². The third-order valence-corrected chi connectivity index (χ3v) is 5.38. The lowest BCUT2D eigenvalue weighted by Gasteiger charge is -2.35. The highest BCUT2D eigenvalue weighted by molar-refractivity contribution is 5.93. The zero-order chi connectivity index (χ0) is 20.1. The summed E-state index contributed by atoms with van der Waals surface area (Å²) >= 11 is 0. The molecule has 1 saturated heterocycles. The van der Waals surface area contributed by atoms with E-state index in [4.69, 9.17) is 4.74 Å². The van der Waals surface area contributed by atoms with Crippen molar-refractivity contribution in [2.75, 3.05) is 19.7 Å². The zero-order valence-corrected chi connectivity index (χ0v) is 16.2. The summed E-state index contributed by atoms with van der Waals surface area (Å²) in [7, 11) is 0. The first-order valence-electron chi connectivity index (χ1n) is 9.91. The molecule has 0 bridgehead atoms. The fraction of sp³-hybridized carbons (Fsp3) is 0.250. The molecule has 1 fully saturated rings. The molecule has 3 aromatic rings. The van der Waals surface area contributed by atoms with Gasteiger partial charge in [0.15, 0.2) is 0 Å². The first-order valence-corrected chi connectivity index (χ1v) is 9.91. The van der Waals surface area contributed by atoms with Gasteiger partial charge < -0.3 is 14.6 Å². The van der Waals surface area contributed by atoms with Gasteiger partial charge in [-0.2, -0.15) is 0 Å². The van der Waals surface area contributed by atoms with Gasteiger partial charge in [0.25, 0.3) is 11.5 Å². The van der Waals surface area contributed by atoms with E-state index >= 15 is 0 Å². The highest BCUT2D eigenvalue weighted by atomic mass is 16.5. The Bertz CT molecular complexity index is 962. The maximum absolute atomic E-state index is 12.8. The average molecular weight is 388 g/mol. The molecule has 148 valence electrons. The van der Waals surface area contributed by atoms with Gasteiger partial charge in [-0.15, -0.1) is 0 Å². The Morgan fingerprint density at radius 2 is 1.66 bits per heavy atom. The van der Waals surface area contributed by atoms with Crippen LogP contribution in [0.25, 0.3) is 0 Å². The van der Waals surface area contributed by atoms with Crippen molar-refractivity contribution in [1.29, 1.82) is 0 Å². The molecular weight excluding hydrogens is 364 g/mol. The number of hydrogen-bond donors (Lipinski definition) is 1. The molecule has 5 heteroatoms. The van der Waals surface area contributed by atoms with Crippen LogP contribution in [0.5, 0.6) is 0 Å². The number of aromatic nitrogens is 1. The molecular formula is C24H24N2O3. The molecule has 0 spiro atoms. The van der Waals surface area contributed by atoms with Gasteiger partial charge in [-0.25, -0.2) is 0 Å². The van der Waals surface area contributed by atoms with Gasteiger partial charge in [0.2, 0.25) is 0 Å². The molecule has 4 rings (SSSR count). The molecule has 0 radical (unpaired) electrons. The quantitative estimate of drug-likeness (QED) is 0.728. The van der Waals surface area contributed by atoms with Gasteiger partial charge in [0.1, 0.15) is 5.56 Å². The summed E-state index contributed by atoms with van der Waals surface area (Å²) < 4.78 is 6.02. The fourth-order valence-corrected chi connectivity index (χ4v) is 3.90. The lowest BCUT2D eigenvalue weighted by Crippen LogP contribution is -2.47. The number of pyridine rings is 1. The molecule has 1 aliphatic rings. The molecule has 2 aromatic carbocycles. The molecule has 1 aromatic heterocycles. The number of carbonyl (C=O) groups excluding carboxylic acids is 1. The van der Waals surface area contributed by atoms with Crippen molar-refractivity contribution in [2.24, 2.45) is 0 Å². The molecule has 0 aliphatic carbocycles. The molecule has 1 amide bonds. The zero-order valence-electron chi connectivity index (χ0n) is 16.2. The minimum absolute atomic E-state index is 0.0964. The number of aromatic amines is 1. The third kappa shape index (κ3) is 4.46. The summed E-state index contributed by atoms with van der Waals surface area (Å²) in [4.78, 5) is 29.1. The van der Waals surface area contributed by atoms with Crippen molar-refractivity contribution in [3.63, 3.8) is 0 Å². The molecule has 0 saturated carbocycles. The Kier molecular flexibility index (Phi) is 5.86. The average Bonchev–Trinajstić information content (AvgIpc) is 2.79. The third-order valence-electron chi connectivity index (χ3n) is 5.38. The van der Waals surface area contributed by atoms with E-state index in [0.717, 1.165) is 6.42 Å². The van der Waals surface area contributed by atoms with Crippen LogP contribution in [0.3, 0.4) is 0 Å². The highest BCUT2D eigenvalue weighted by Crippen LogP contribution is 2.31. The van der Waals surface area contributed by atoms with Gasteiger partial charge in [0, 0.05) is 25.2 Å². The first-order chi connectivity index (χ1) is 14.2. The van der Waals surface area contributed by atoms with Crippen LogP contribution in [0.15, 0.2) is 83.8 Å². The fourth-order valence-electron chi connectivity index (χ4n) is 3.90. The van der Waals surface area contributed by atoms with Gasteiger partial charge in [-0.1, -0.05) is 60.7 Å². The van der Waals surface area contributed by atoms with E-state index in [2.05, 4.69) is 29.2 Å². The predicted octanol–water partition coefficient (Wildman–Crippen LogP) is 3.44. The topological polar surface area (TPSA) is 62.4 Å². The van der Waals surface area contributed by atoms with Crippen LogP contribution in [0.4, 0.5) is 0 Å². The summed E-state index contributed by atoms with van der Waals surface area (Å²) in [6.07, 6.45) is 2.20. The highest BCUT2D eigenvalue weighted by Gasteiger charge is 2.29. The molecule has 0 unspecified atom stereocenters. The molecule has 2 heterocycles. The lowest BCUT2D eigenvalue weighted by molar-refractivity contribution is -0.0264. The van der Waals surface area contributed by atoms with Gasteiger partial charge in [0.05, 0.1) is 12.7 Å². The van der Waals surface area contributed by atoms with Gasteiger partial charge in [-0.05, 0) is 29.7 Å². The van der Waals surface area contributed by atoms with E-state index in [1.807, 2.05) is 36.4 Å². The molecule has 1 N–H and O–H groups in total. The van der Waals surface area contributed by atoms with E-state index in [0.29, 0.717) is 19.7 Å². The number of nitrogens with one attached hydrogen (secondary N) is 1. The maximum atomic E-state index is 12.8. The Morgan fingerprint density at radius 1 is 1.00 bits per heavy atom. The van der Waals surface area contributed by atoms with Crippen LogP contribution in [0, 0.1) is 0 Å². The van der Waals surface area contributed by atoms with E-state index in [9.17, 15) is 9.59 Å². The summed E-state index contributed by atoms with van der Waals surface area (Å²) in [5.74, 6) is -0.0614. The Labute approximate surface area is 170 Å². The largest absolute Gasteiger partial charge is 0.375 e. The maximum Gasteiger partial charge on any atom is 0.260 e. The number of H-pyrrole nitrogens is 1. The Balaban J connectivity index is 1.53. The van der Waals surface area contributed by atoms with Crippen LogP contribution < -0.4 is 5.56 Å². The lowest BCUT2D eigenvalue weighted by atomic mass is 9.86. The minimum atomic E-state index is -0.355. The van der Waals surface area contributed by atoms with Gasteiger partial charge in [-0.3, -0.25) is 9.59 Å². The standard InChI is InChI=1S/C24H24N2O3/c27-23-21(12-7-13-25-23)24(28)26-14-15-29-20(17-26)16-22(18-8-3-1-4-9-18)19-10-5-2-6-11-19/h1-13,20,22H,14-17H2,(H,25,27)/t20-/m1/s1. The second-order valence-corrected chi connectivity index (χ2v) is 7.27. The molecule has 1 atom stereocenters. The SMILES string of the molecule is O=C(c1ccc[nH]c1=O)N1CCO[C@H](CC(c2ccccc2)c2ccccc2)C1. The van der Waals surface area contributed by atoms with Crippen LogP contribution in [0.2, 0.25) is 0 Å². The van der Waals surface area contributed by atoms with Crippen LogP contribution in [0.1, 0.15) is 33.8 Å². The number of morpholine rings is 1. The van der Waals surface area contributed by atoms with Crippen molar-refractivity contribution < 1.29 is 9.53 Å². The van der Waals surface area contributed by atoms with E-state index in [1.54, 1.807) is 17.0 Å². The van der Waals surface area contributed by atoms with E-state index in [-0.39, 0.29) is 29.1 Å². The smallest absolute Gasteiger partial charge is 0.260 e. The number of ether oxygens (including phenoxy) is 1. The van der Waals surface area contributed by atoms with Gasteiger partial charge >= 0.3 is 0 Å². The number of hydrogen-bond acceptors (Lipinski definition) is 3. The number of carbonyl (C=O) groups is 1. The number of benzene rings is 2. The number of amides is 1. The molecule has 5 nitrogen and oxygen atoms in total. The van der Waals surface area contributed by atoms with Crippen molar-refractivity contribution in [3.05, 3.63) is 106 Å². The Hall–Kier alpha value is -3.18. The second-order valence-electron chi connectivity index (χ2n) is 7.27. The molecule has 1 aliphatic heterocycles. The van der Waals surface area contributed by atoms with Crippen molar-refractivity contribution >= 4 is 5.91 Å². The second kappa shape index (κ2) is 8.88.